The predicted molar refractivity (Wildman–Crippen MR) is 97.2 cm³/mol. The summed E-state index contributed by atoms with van der Waals surface area (Å²) in [6.07, 6.45) is 0.348. The highest BCUT2D eigenvalue weighted by Crippen LogP contribution is 2.52. The molecule has 0 aliphatic carbocycles. The van der Waals surface area contributed by atoms with Gasteiger partial charge in [0, 0.05) is 23.9 Å². The molecule has 2 saturated heterocycles. The molecule has 2 fully saturated rings. The molecule has 0 radical (unpaired) electrons. The van der Waals surface area contributed by atoms with Gasteiger partial charge in [0.1, 0.15) is 6.10 Å². The largest absolute Gasteiger partial charge is 0.462 e. The molecule has 0 bridgehead atoms. The van der Waals surface area contributed by atoms with Crippen LogP contribution in [-0.2, 0) is 24.7 Å². The quantitative estimate of drug-likeness (QED) is 0.654. The maximum absolute atomic E-state index is 12.5. The Morgan fingerprint density at radius 1 is 1.23 bits per heavy atom. The van der Waals surface area contributed by atoms with E-state index in [1.54, 1.807) is 13.8 Å². The van der Waals surface area contributed by atoms with E-state index in [0.29, 0.717) is 17.2 Å². The molecular formula is C19H20N2O4S. The van der Waals surface area contributed by atoms with Crippen molar-refractivity contribution in [2.24, 2.45) is 5.41 Å². The number of hydrogen-bond donors (Lipinski definition) is 1. The van der Waals surface area contributed by atoms with Gasteiger partial charge in [0.05, 0.1) is 5.69 Å². The van der Waals surface area contributed by atoms with Gasteiger partial charge in [-0.05, 0) is 32.9 Å². The number of cyclic esters (lactones) is 2. The summed E-state index contributed by atoms with van der Waals surface area (Å²) in [5.74, 6) is -0.984. The van der Waals surface area contributed by atoms with Gasteiger partial charge in [-0.1, -0.05) is 17.7 Å². The van der Waals surface area contributed by atoms with Gasteiger partial charge in [-0.3, -0.25) is 9.59 Å². The van der Waals surface area contributed by atoms with Crippen molar-refractivity contribution < 1.29 is 19.1 Å². The number of rotatable bonds is 3. The molecule has 2 aromatic rings. The number of aryl methyl sites for hydroxylation is 1. The number of nitrogens with zero attached hydrogens (tertiary/aromatic N) is 1. The van der Waals surface area contributed by atoms with Crippen LogP contribution in [0.1, 0.15) is 37.9 Å². The lowest BCUT2D eigenvalue weighted by molar-refractivity contribution is -0.160. The second kappa shape index (κ2) is 5.81. The Balaban J connectivity index is 1.56. The SMILES string of the molecule is Cc1ccc(Nc2nc([C@]3(C)C[C@@]4(C[C@@H](C)OC4=O)C(=O)O3)cs2)cc1. The van der Waals surface area contributed by atoms with Crippen LogP contribution in [-0.4, -0.2) is 23.0 Å². The van der Waals surface area contributed by atoms with Crippen molar-refractivity contribution in [3.05, 3.63) is 40.9 Å². The van der Waals surface area contributed by atoms with E-state index in [1.807, 2.05) is 36.6 Å². The van der Waals surface area contributed by atoms with Gasteiger partial charge >= 0.3 is 11.9 Å². The van der Waals surface area contributed by atoms with E-state index in [1.165, 1.54) is 16.9 Å². The summed E-state index contributed by atoms with van der Waals surface area (Å²) < 4.78 is 10.9. The molecule has 2 aliphatic rings. The molecule has 4 rings (SSSR count). The predicted octanol–water partition coefficient (Wildman–Crippen LogP) is 3.68. The average molecular weight is 372 g/mol. The molecule has 1 aromatic carbocycles. The molecule has 3 heterocycles. The summed E-state index contributed by atoms with van der Waals surface area (Å²) in [5.41, 5.74) is 0.653. The fourth-order valence-corrected chi connectivity index (χ4v) is 4.54. The van der Waals surface area contributed by atoms with Crippen LogP contribution < -0.4 is 5.32 Å². The van der Waals surface area contributed by atoms with Crippen molar-refractivity contribution in [2.75, 3.05) is 5.32 Å². The minimum absolute atomic E-state index is 0.260. The normalized spacial score (nSPS) is 30.5. The topological polar surface area (TPSA) is 77.5 Å². The fourth-order valence-electron chi connectivity index (χ4n) is 3.69. The standard InChI is InChI=1S/C19H20N2O4S/c1-11-4-6-13(7-5-11)20-17-21-14(9-26-17)18(3)10-19(16(23)25-18)8-12(2)24-15(19)22/h4-7,9,12H,8,10H2,1-3H3,(H,20,21)/t12-,18+,19-/m1/s1. The molecule has 2 aliphatic heterocycles. The van der Waals surface area contributed by atoms with Crippen molar-refractivity contribution in [3.63, 3.8) is 0 Å². The van der Waals surface area contributed by atoms with Gasteiger partial charge < -0.3 is 14.8 Å². The van der Waals surface area contributed by atoms with Crippen LogP contribution in [0.15, 0.2) is 29.6 Å². The van der Waals surface area contributed by atoms with Crippen molar-refractivity contribution in [2.45, 2.75) is 45.3 Å². The number of ether oxygens (including phenoxy) is 2. The third kappa shape index (κ3) is 2.67. The van der Waals surface area contributed by atoms with Crippen LogP contribution in [0.2, 0.25) is 0 Å². The van der Waals surface area contributed by atoms with Gasteiger partial charge in [0.15, 0.2) is 16.1 Å². The number of carbonyl (C=O) groups excluding carboxylic acids is 2. The third-order valence-electron chi connectivity index (χ3n) is 5.03. The van der Waals surface area contributed by atoms with Crippen molar-refractivity contribution >= 4 is 34.1 Å². The molecule has 0 amide bonds. The molecule has 3 atom stereocenters. The molecule has 6 nitrogen and oxygen atoms in total. The maximum Gasteiger partial charge on any atom is 0.324 e. The first kappa shape index (κ1) is 17.0. The van der Waals surface area contributed by atoms with Crippen molar-refractivity contribution in [1.29, 1.82) is 0 Å². The summed E-state index contributed by atoms with van der Waals surface area (Å²) in [6, 6.07) is 8.01. The summed E-state index contributed by atoms with van der Waals surface area (Å²) >= 11 is 1.44. The summed E-state index contributed by atoms with van der Waals surface area (Å²) in [7, 11) is 0. The molecule has 1 spiro atoms. The highest BCUT2D eigenvalue weighted by atomic mass is 32.1. The average Bonchev–Trinajstić information content (AvgIpc) is 3.22. The van der Waals surface area contributed by atoms with Crippen molar-refractivity contribution in [1.82, 2.24) is 4.98 Å². The van der Waals surface area contributed by atoms with Gasteiger partial charge in [-0.15, -0.1) is 11.3 Å². The summed E-state index contributed by atoms with van der Waals surface area (Å²) in [4.78, 5) is 29.4. The number of esters is 2. The number of thiazole rings is 1. The summed E-state index contributed by atoms with van der Waals surface area (Å²) in [6.45, 7) is 5.63. The minimum atomic E-state index is -1.19. The van der Waals surface area contributed by atoms with E-state index in [2.05, 4.69) is 10.3 Å². The first-order valence-corrected chi connectivity index (χ1v) is 9.43. The Bertz CT molecular complexity index is 878. The van der Waals surface area contributed by atoms with Crippen LogP contribution in [0, 0.1) is 12.3 Å². The van der Waals surface area contributed by atoms with Gasteiger partial charge in [-0.2, -0.15) is 0 Å². The minimum Gasteiger partial charge on any atom is -0.462 e. The Morgan fingerprint density at radius 3 is 2.62 bits per heavy atom. The third-order valence-corrected chi connectivity index (χ3v) is 5.79. The second-order valence-electron chi connectivity index (χ2n) is 7.33. The Morgan fingerprint density at radius 2 is 1.96 bits per heavy atom. The van der Waals surface area contributed by atoms with Gasteiger partial charge in [0.25, 0.3) is 0 Å². The van der Waals surface area contributed by atoms with Crippen LogP contribution in [0.5, 0.6) is 0 Å². The molecule has 26 heavy (non-hydrogen) atoms. The zero-order chi connectivity index (χ0) is 18.5. The Hall–Kier alpha value is -2.41. The Kier molecular flexibility index (Phi) is 3.80. The van der Waals surface area contributed by atoms with E-state index in [-0.39, 0.29) is 12.5 Å². The number of nitrogens with one attached hydrogen (secondary N) is 1. The highest BCUT2D eigenvalue weighted by molar-refractivity contribution is 7.13. The maximum atomic E-state index is 12.5. The summed E-state index contributed by atoms with van der Waals surface area (Å²) in [5, 5.41) is 5.84. The first-order chi connectivity index (χ1) is 12.3. The Labute approximate surface area is 155 Å². The van der Waals surface area contributed by atoms with Gasteiger partial charge in [0.2, 0.25) is 0 Å². The lowest BCUT2D eigenvalue weighted by Gasteiger charge is -2.20. The molecule has 7 heteroatoms. The van der Waals surface area contributed by atoms with Crippen LogP contribution in [0.3, 0.4) is 0 Å². The molecule has 1 N–H and O–H groups in total. The molecule has 0 unspecified atom stereocenters. The van der Waals surface area contributed by atoms with Crippen molar-refractivity contribution in [3.8, 4) is 0 Å². The lowest BCUT2D eigenvalue weighted by atomic mass is 9.78. The zero-order valence-corrected chi connectivity index (χ0v) is 15.7. The van der Waals surface area contributed by atoms with Crippen LogP contribution in [0.25, 0.3) is 0 Å². The zero-order valence-electron chi connectivity index (χ0n) is 14.9. The number of benzene rings is 1. The molecule has 0 saturated carbocycles. The fraction of sp³-hybridized carbons (Fsp3) is 0.421. The number of anilines is 2. The number of hydrogen-bond acceptors (Lipinski definition) is 7. The monoisotopic (exact) mass is 372 g/mol. The lowest BCUT2D eigenvalue weighted by Crippen LogP contribution is -2.31. The van der Waals surface area contributed by atoms with E-state index in [9.17, 15) is 9.59 Å². The van der Waals surface area contributed by atoms with E-state index < -0.39 is 23.0 Å². The molecule has 1 aromatic heterocycles. The van der Waals surface area contributed by atoms with E-state index in [0.717, 1.165) is 5.69 Å². The molecular weight excluding hydrogens is 352 g/mol. The highest BCUT2D eigenvalue weighted by Gasteiger charge is 2.65. The number of aromatic nitrogens is 1. The number of carbonyl (C=O) groups is 2. The second-order valence-corrected chi connectivity index (χ2v) is 8.19. The van der Waals surface area contributed by atoms with E-state index in [4.69, 9.17) is 9.47 Å². The van der Waals surface area contributed by atoms with E-state index >= 15 is 0 Å². The van der Waals surface area contributed by atoms with Crippen LogP contribution >= 0.6 is 11.3 Å². The smallest absolute Gasteiger partial charge is 0.324 e. The first-order valence-electron chi connectivity index (χ1n) is 8.55. The van der Waals surface area contributed by atoms with Gasteiger partial charge in [-0.25, -0.2) is 4.98 Å². The molecule has 136 valence electrons. The van der Waals surface area contributed by atoms with Crippen LogP contribution in [0.4, 0.5) is 10.8 Å².